The van der Waals surface area contributed by atoms with Gasteiger partial charge in [0, 0.05) is 24.1 Å². The number of aryl methyl sites for hydroxylation is 1. The van der Waals surface area contributed by atoms with Crippen LogP contribution in [0, 0.1) is 6.92 Å². The van der Waals surface area contributed by atoms with E-state index in [1.165, 1.54) is 0 Å². The second-order valence-electron chi connectivity index (χ2n) is 3.05. The number of rotatable bonds is 6. The normalized spacial score (nSPS) is 10.4. The van der Waals surface area contributed by atoms with Gasteiger partial charge in [-0.2, -0.15) is 0 Å². The molecular formula is C10H15NO2S. The Balaban J connectivity index is 2.27. The van der Waals surface area contributed by atoms with E-state index in [1.54, 1.807) is 11.3 Å². The molecular weight excluding hydrogens is 198 g/mol. The number of aromatic nitrogens is 1. The lowest BCUT2D eigenvalue weighted by atomic mass is 10.2. The van der Waals surface area contributed by atoms with Crippen molar-refractivity contribution >= 4 is 17.1 Å². The number of carbonyl (C=O) groups is 1. The highest BCUT2D eigenvalue weighted by molar-refractivity contribution is 7.09. The topological polar surface area (TPSA) is 39.2 Å². The third-order valence-electron chi connectivity index (χ3n) is 1.74. The van der Waals surface area contributed by atoms with Gasteiger partial charge >= 0.3 is 0 Å². The molecule has 0 N–H and O–H groups in total. The summed E-state index contributed by atoms with van der Waals surface area (Å²) in [5.41, 5.74) is 0.989. The van der Waals surface area contributed by atoms with Crippen molar-refractivity contribution in [1.29, 1.82) is 0 Å². The Morgan fingerprint density at radius 2 is 2.43 bits per heavy atom. The summed E-state index contributed by atoms with van der Waals surface area (Å²) < 4.78 is 5.11. The van der Waals surface area contributed by atoms with E-state index in [-0.39, 0.29) is 5.78 Å². The molecule has 1 heterocycles. The van der Waals surface area contributed by atoms with Crippen molar-refractivity contribution in [3.8, 4) is 0 Å². The number of carbonyl (C=O) groups excluding carboxylic acids is 1. The van der Waals surface area contributed by atoms with E-state index in [9.17, 15) is 4.79 Å². The average molecular weight is 213 g/mol. The lowest BCUT2D eigenvalue weighted by Crippen LogP contribution is -2.07. The standard InChI is InChI=1S/C10H15NO2S/c1-3-13-5-4-9(12)6-10-11-8(2)7-14-10/h7H,3-6H2,1-2H3. The van der Waals surface area contributed by atoms with Gasteiger partial charge in [-0.25, -0.2) is 4.98 Å². The van der Waals surface area contributed by atoms with Crippen LogP contribution in [-0.4, -0.2) is 24.0 Å². The highest BCUT2D eigenvalue weighted by Gasteiger charge is 2.06. The molecule has 3 nitrogen and oxygen atoms in total. The fraction of sp³-hybridized carbons (Fsp3) is 0.600. The SMILES string of the molecule is CCOCCC(=O)Cc1nc(C)cs1. The third kappa shape index (κ3) is 3.98. The highest BCUT2D eigenvalue weighted by atomic mass is 32.1. The monoisotopic (exact) mass is 213 g/mol. The number of ketones is 1. The number of Topliss-reactive ketones (excluding diaryl/α,β-unsaturated/α-hetero) is 1. The molecule has 78 valence electrons. The lowest BCUT2D eigenvalue weighted by Gasteiger charge is -1.98. The van der Waals surface area contributed by atoms with Crippen LogP contribution >= 0.6 is 11.3 Å². The van der Waals surface area contributed by atoms with Gasteiger partial charge in [-0.05, 0) is 13.8 Å². The second-order valence-corrected chi connectivity index (χ2v) is 3.99. The van der Waals surface area contributed by atoms with E-state index in [0.717, 1.165) is 10.7 Å². The van der Waals surface area contributed by atoms with Crippen LogP contribution in [0.1, 0.15) is 24.0 Å². The van der Waals surface area contributed by atoms with Crippen LogP contribution < -0.4 is 0 Å². The first-order chi connectivity index (χ1) is 6.72. The first kappa shape index (κ1) is 11.3. The van der Waals surface area contributed by atoms with Crippen molar-refractivity contribution in [2.24, 2.45) is 0 Å². The Labute approximate surface area is 88.1 Å². The molecule has 0 aliphatic rings. The quantitative estimate of drug-likeness (QED) is 0.678. The van der Waals surface area contributed by atoms with Crippen LogP contribution in [0.25, 0.3) is 0 Å². The van der Waals surface area contributed by atoms with E-state index < -0.39 is 0 Å². The van der Waals surface area contributed by atoms with Crippen LogP contribution in [0.15, 0.2) is 5.38 Å². The number of hydrogen-bond acceptors (Lipinski definition) is 4. The number of hydrogen-bond donors (Lipinski definition) is 0. The molecule has 0 radical (unpaired) electrons. The molecule has 0 aliphatic heterocycles. The average Bonchev–Trinajstić information content (AvgIpc) is 2.52. The zero-order chi connectivity index (χ0) is 10.4. The van der Waals surface area contributed by atoms with Crippen molar-refractivity contribution in [1.82, 2.24) is 4.98 Å². The zero-order valence-electron chi connectivity index (χ0n) is 8.58. The van der Waals surface area contributed by atoms with Gasteiger partial charge in [-0.15, -0.1) is 11.3 Å². The lowest BCUT2D eigenvalue weighted by molar-refractivity contribution is -0.119. The van der Waals surface area contributed by atoms with E-state index in [4.69, 9.17) is 4.74 Å². The number of nitrogens with zero attached hydrogens (tertiary/aromatic N) is 1. The Morgan fingerprint density at radius 1 is 1.64 bits per heavy atom. The van der Waals surface area contributed by atoms with Gasteiger partial charge in [0.1, 0.15) is 10.8 Å². The molecule has 1 aromatic rings. The number of ether oxygens (including phenoxy) is 1. The van der Waals surface area contributed by atoms with Crippen LogP contribution in [0.5, 0.6) is 0 Å². The van der Waals surface area contributed by atoms with Crippen molar-refractivity contribution in [3.05, 3.63) is 16.1 Å². The smallest absolute Gasteiger partial charge is 0.141 e. The van der Waals surface area contributed by atoms with Gasteiger partial charge in [-0.1, -0.05) is 0 Å². The minimum Gasteiger partial charge on any atom is -0.381 e. The largest absolute Gasteiger partial charge is 0.381 e. The van der Waals surface area contributed by atoms with Crippen molar-refractivity contribution in [3.63, 3.8) is 0 Å². The summed E-state index contributed by atoms with van der Waals surface area (Å²) in [7, 11) is 0. The minimum absolute atomic E-state index is 0.202. The van der Waals surface area contributed by atoms with Gasteiger partial charge in [0.2, 0.25) is 0 Å². The molecule has 0 unspecified atom stereocenters. The molecule has 0 saturated carbocycles. The van der Waals surface area contributed by atoms with Gasteiger partial charge in [0.05, 0.1) is 13.0 Å². The molecule has 14 heavy (non-hydrogen) atoms. The van der Waals surface area contributed by atoms with Crippen LogP contribution in [-0.2, 0) is 16.0 Å². The van der Waals surface area contributed by atoms with Crippen molar-refractivity contribution < 1.29 is 9.53 Å². The van der Waals surface area contributed by atoms with E-state index >= 15 is 0 Å². The van der Waals surface area contributed by atoms with Crippen LogP contribution in [0.3, 0.4) is 0 Å². The molecule has 0 aliphatic carbocycles. The van der Waals surface area contributed by atoms with Crippen LogP contribution in [0.4, 0.5) is 0 Å². The minimum atomic E-state index is 0.202. The molecule has 0 spiro atoms. The molecule has 0 saturated heterocycles. The summed E-state index contributed by atoms with van der Waals surface area (Å²) >= 11 is 1.54. The van der Waals surface area contributed by atoms with Gasteiger partial charge in [-0.3, -0.25) is 4.79 Å². The maximum atomic E-state index is 11.4. The Morgan fingerprint density at radius 3 is 3.00 bits per heavy atom. The summed E-state index contributed by atoms with van der Waals surface area (Å²) in [6, 6.07) is 0. The van der Waals surface area contributed by atoms with Gasteiger partial charge < -0.3 is 4.74 Å². The maximum Gasteiger partial charge on any atom is 0.141 e. The zero-order valence-corrected chi connectivity index (χ0v) is 9.39. The number of thiazole rings is 1. The van der Waals surface area contributed by atoms with E-state index in [1.807, 2.05) is 19.2 Å². The first-order valence-corrected chi connectivity index (χ1v) is 5.60. The first-order valence-electron chi connectivity index (χ1n) is 4.72. The van der Waals surface area contributed by atoms with Crippen LogP contribution in [0.2, 0.25) is 0 Å². The third-order valence-corrected chi connectivity index (χ3v) is 2.71. The Hall–Kier alpha value is -0.740. The van der Waals surface area contributed by atoms with Gasteiger partial charge in [0.15, 0.2) is 0 Å². The molecule has 1 aromatic heterocycles. The molecule has 4 heteroatoms. The molecule has 1 rings (SSSR count). The summed E-state index contributed by atoms with van der Waals surface area (Å²) in [4.78, 5) is 15.6. The summed E-state index contributed by atoms with van der Waals surface area (Å²) in [5.74, 6) is 0.202. The van der Waals surface area contributed by atoms with Gasteiger partial charge in [0.25, 0.3) is 0 Å². The molecule has 0 amide bonds. The fourth-order valence-corrected chi connectivity index (χ4v) is 1.87. The van der Waals surface area contributed by atoms with E-state index in [0.29, 0.717) is 26.1 Å². The second kappa shape index (κ2) is 5.88. The summed E-state index contributed by atoms with van der Waals surface area (Å²) in [5, 5.41) is 2.87. The Bertz CT molecular complexity index is 296. The maximum absolute atomic E-state index is 11.4. The highest BCUT2D eigenvalue weighted by Crippen LogP contribution is 2.10. The van der Waals surface area contributed by atoms with Crippen molar-refractivity contribution in [2.75, 3.05) is 13.2 Å². The fourth-order valence-electron chi connectivity index (χ4n) is 1.07. The molecule has 0 atom stereocenters. The molecule has 0 bridgehead atoms. The van der Waals surface area contributed by atoms with E-state index in [2.05, 4.69) is 4.98 Å². The molecule has 0 fully saturated rings. The summed E-state index contributed by atoms with van der Waals surface area (Å²) in [6.45, 7) is 5.06. The Kier molecular flexibility index (Phi) is 4.76. The summed E-state index contributed by atoms with van der Waals surface area (Å²) in [6.07, 6.45) is 0.943. The predicted molar refractivity (Wildman–Crippen MR) is 56.7 cm³/mol. The predicted octanol–water partition coefficient (Wildman–Crippen LogP) is 1.99. The van der Waals surface area contributed by atoms with Crippen molar-refractivity contribution in [2.45, 2.75) is 26.7 Å². The molecule has 0 aromatic carbocycles.